The molecule has 0 fully saturated rings. The Hall–Kier alpha value is -3.06. The first-order chi connectivity index (χ1) is 15.9. The van der Waals surface area contributed by atoms with Gasteiger partial charge in [-0.25, -0.2) is 0 Å². The number of hydrogen-bond acceptors (Lipinski definition) is 5. The van der Waals surface area contributed by atoms with E-state index in [0.717, 1.165) is 62.3 Å². The van der Waals surface area contributed by atoms with Crippen LogP contribution in [0.4, 0.5) is 5.69 Å². The summed E-state index contributed by atoms with van der Waals surface area (Å²) in [5.41, 5.74) is 4.25. The number of nitrogens with zero attached hydrogens (tertiary/aromatic N) is 2. The van der Waals surface area contributed by atoms with Crippen LogP contribution in [0.15, 0.2) is 36.4 Å². The zero-order valence-corrected chi connectivity index (χ0v) is 20.1. The van der Waals surface area contributed by atoms with Gasteiger partial charge in [0.05, 0.1) is 20.6 Å². The molecule has 1 N–H and O–H groups in total. The smallest absolute Gasteiger partial charge is 0.227 e. The van der Waals surface area contributed by atoms with Gasteiger partial charge < -0.3 is 24.6 Å². The van der Waals surface area contributed by atoms with Gasteiger partial charge in [0, 0.05) is 32.2 Å². The standard InChI is InChI=1S/C26H35N3O4/c1-19(30)27-23-8-6-20(7-9-23)10-14-28(2)12-5-13-29-15-11-21-16-24(32-3)25(33-4)17-22(21)18-26(29)31/h6-9,16-17H,5,10-15,18H2,1-4H3,(H,27,30). The molecule has 0 aromatic heterocycles. The number of methoxy groups -OCH3 is 2. The zero-order chi connectivity index (χ0) is 23.8. The highest BCUT2D eigenvalue weighted by Gasteiger charge is 2.22. The Bertz CT molecular complexity index is 959. The molecular formula is C26H35N3O4. The fourth-order valence-corrected chi connectivity index (χ4v) is 4.17. The van der Waals surface area contributed by atoms with Crippen LogP contribution in [0.2, 0.25) is 0 Å². The van der Waals surface area contributed by atoms with Gasteiger partial charge in [0.2, 0.25) is 11.8 Å². The Morgan fingerprint density at radius 3 is 2.36 bits per heavy atom. The first-order valence-corrected chi connectivity index (χ1v) is 11.5. The largest absolute Gasteiger partial charge is 0.493 e. The first kappa shape index (κ1) is 24.6. The van der Waals surface area contributed by atoms with E-state index in [2.05, 4.69) is 29.4 Å². The Morgan fingerprint density at radius 2 is 1.73 bits per heavy atom. The van der Waals surface area contributed by atoms with Gasteiger partial charge in [0.1, 0.15) is 0 Å². The van der Waals surface area contributed by atoms with Crippen LogP contribution in [0.5, 0.6) is 11.5 Å². The summed E-state index contributed by atoms with van der Waals surface area (Å²) in [6.45, 7) is 4.87. The van der Waals surface area contributed by atoms with Crippen molar-refractivity contribution in [3.8, 4) is 11.5 Å². The van der Waals surface area contributed by atoms with E-state index in [-0.39, 0.29) is 11.8 Å². The topological polar surface area (TPSA) is 71.1 Å². The predicted molar refractivity (Wildman–Crippen MR) is 130 cm³/mol. The fraction of sp³-hybridized carbons (Fsp3) is 0.462. The molecule has 7 nitrogen and oxygen atoms in total. The number of benzene rings is 2. The lowest BCUT2D eigenvalue weighted by atomic mass is 10.0. The molecule has 1 heterocycles. The van der Waals surface area contributed by atoms with E-state index in [1.54, 1.807) is 14.2 Å². The third kappa shape index (κ3) is 6.96. The average Bonchev–Trinajstić information content (AvgIpc) is 2.95. The molecule has 0 atom stereocenters. The lowest BCUT2D eigenvalue weighted by molar-refractivity contribution is -0.130. The SMILES string of the molecule is COc1cc2c(cc1OC)CC(=O)N(CCCN(C)CCc1ccc(NC(C)=O)cc1)CC2. The van der Waals surface area contributed by atoms with Crippen molar-refractivity contribution >= 4 is 17.5 Å². The maximum Gasteiger partial charge on any atom is 0.227 e. The number of nitrogens with one attached hydrogen (secondary N) is 1. The number of amides is 2. The number of carbonyl (C=O) groups excluding carboxylic acids is 2. The Morgan fingerprint density at radius 1 is 1.06 bits per heavy atom. The van der Waals surface area contributed by atoms with Crippen LogP contribution in [-0.2, 0) is 28.9 Å². The Balaban J connectivity index is 1.44. The van der Waals surface area contributed by atoms with Crippen LogP contribution >= 0.6 is 0 Å². The van der Waals surface area contributed by atoms with E-state index in [4.69, 9.17) is 9.47 Å². The normalized spacial score (nSPS) is 13.5. The maximum absolute atomic E-state index is 12.8. The van der Waals surface area contributed by atoms with Gasteiger partial charge in [0.15, 0.2) is 11.5 Å². The minimum atomic E-state index is -0.0614. The van der Waals surface area contributed by atoms with E-state index < -0.39 is 0 Å². The number of likely N-dealkylation sites (N-methyl/N-ethyl adjacent to an activating group) is 1. The molecule has 0 unspecified atom stereocenters. The molecule has 0 radical (unpaired) electrons. The molecule has 0 aliphatic carbocycles. The average molecular weight is 454 g/mol. The van der Waals surface area contributed by atoms with Crippen LogP contribution in [0.1, 0.15) is 30.0 Å². The van der Waals surface area contributed by atoms with Gasteiger partial charge in [0.25, 0.3) is 0 Å². The molecule has 2 aromatic carbocycles. The van der Waals surface area contributed by atoms with E-state index in [0.29, 0.717) is 17.9 Å². The molecule has 7 heteroatoms. The molecule has 2 aromatic rings. The molecule has 0 bridgehead atoms. The van der Waals surface area contributed by atoms with Crippen molar-refractivity contribution in [3.63, 3.8) is 0 Å². The number of carbonyl (C=O) groups is 2. The number of hydrogen-bond donors (Lipinski definition) is 1. The van der Waals surface area contributed by atoms with E-state index in [1.165, 1.54) is 12.5 Å². The molecule has 33 heavy (non-hydrogen) atoms. The highest BCUT2D eigenvalue weighted by molar-refractivity contribution is 5.88. The molecule has 178 valence electrons. The van der Waals surface area contributed by atoms with Crippen molar-refractivity contribution in [2.45, 2.75) is 32.6 Å². The molecule has 0 saturated heterocycles. The van der Waals surface area contributed by atoms with Gasteiger partial charge >= 0.3 is 0 Å². The summed E-state index contributed by atoms with van der Waals surface area (Å²) in [6, 6.07) is 11.9. The molecule has 0 spiro atoms. The number of anilines is 1. The van der Waals surface area contributed by atoms with Crippen LogP contribution in [0, 0.1) is 0 Å². The fourth-order valence-electron chi connectivity index (χ4n) is 4.17. The summed E-state index contributed by atoms with van der Waals surface area (Å²) in [6.07, 6.45) is 3.11. The van der Waals surface area contributed by atoms with Gasteiger partial charge in [-0.3, -0.25) is 9.59 Å². The second kappa shape index (κ2) is 11.7. The lowest BCUT2D eigenvalue weighted by Gasteiger charge is -2.23. The van der Waals surface area contributed by atoms with Gasteiger partial charge in [-0.1, -0.05) is 12.1 Å². The van der Waals surface area contributed by atoms with Crippen molar-refractivity contribution in [2.24, 2.45) is 0 Å². The predicted octanol–water partition coefficient (Wildman–Crippen LogP) is 3.15. The van der Waals surface area contributed by atoms with E-state index in [1.807, 2.05) is 29.2 Å². The zero-order valence-electron chi connectivity index (χ0n) is 20.1. The van der Waals surface area contributed by atoms with E-state index >= 15 is 0 Å². The van der Waals surface area contributed by atoms with Crippen LogP contribution in [0.25, 0.3) is 0 Å². The van der Waals surface area contributed by atoms with Crippen LogP contribution in [-0.4, -0.2) is 69.1 Å². The number of fused-ring (bicyclic) bond motifs is 1. The van der Waals surface area contributed by atoms with Crippen molar-refractivity contribution in [2.75, 3.05) is 52.8 Å². The third-order valence-electron chi connectivity index (χ3n) is 6.08. The number of rotatable bonds is 10. The summed E-state index contributed by atoms with van der Waals surface area (Å²) < 4.78 is 10.8. The highest BCUT2D eigenvalue weighted by atomic mass is 16.5. The van der Waals surface area contributed by atoms with Crippen molar-refractivity contribution in [1.82, 2.24) is 9.80 Å². The van der Waals surface area contributed by atoms with Crippen molar-refractivity contribution < 1.29 is 19.1 Å². The second-order valence-electron chi connectivity index (χ2n) is 8.57. The minimum Gasteiger partial charge on any atom is -0.493 e. The quantitative estimate of drug-likeness (QED) is 0.598. The number of ether oxygens (including phenoxy) is 2. The van der Waals surface area contributed by atoms with Crippen LogP contribution < -0.4 is 14.8 Å². The molecule has 1 aliphatic heterocycles. The van der Waals surface area contributed by atoms with Gasteiger partial charge in [-0.15, -0.1) is 0 Å². The monoisotopic (exact) mass is 453 g/mol. The van der Waals surface area contributed by atoms with Crippen molar-refractivity contribution in [1.29, 1.82) is 0 Å². The summed E-state index contributed by atoms with van der Waals surface area (Å²) in [4.78, 5) is 28.2. The summed E-state index contributed by atoms with van der Waals surface area (Å²) in [7, 11) is 5.37. The molecular weight excluding hydrogens is 418 g/mol. The summed E-state index contributed by atoms with van der Waals surface area (Å²) in [5.74, 6) is 1.49. The van der Waals surface area contributed by atoms with E-state index in [9.17, 15) is 9.59 Å². The first-order valence-electron chi connectivity index (χ1n) is 11.5. The maximum atomic E-state index is 12.8. The van der Waals surface area contributed by atoms with Gasteiger partial charge in [-0.05, 0) is 73.8 Å². The van der Waals surface area contributed by atoms with Crippen molar-refractivity contribution in [3.05, 3.63) is 53.1 Å². The molecule has 2 amide bonds. The summed E-state index contributed by atoms with van der Waals surface area (Å²) in [5, 5.41) is 2.79. The molecule has 1 aliphatic rings. The molecule has 0 saturated carbocycles. The molecule has 3 rings (SSSR count). The lowest BCUT2D eigenvalue weighted by Crippen LogP contribution is -2.35. The third-order valence-corrected chi connectivity index (χ3v) is 6.08. The Kier molecular flexibility index (Phi) is 8.72. The summed E-state index contributed by atoms with van der Waals surface area (Å²) >= 11 is 0. The Labute approximate surface area is 196 Å². The van der Waals surface area contributed by atoms with Crippen LogP contribution in [0.3, 0.4) is 0 Å². The second-order valence-corrected chi connectivity index (χ2v) is 8.57. The minimum absolute atomic E-state index is 0.0614. The van der Waals surface area contributed by atoms with Gasteiger partial charge in [-0.2, -0.15) is 0 Å². The highest BCUT2D eigenvalue weighted by Crippen LogP contribution is 2.32.